The number of fused-ring (bicyclic) bond motifs is 1. The number of anilines is 1. The van der Waals surface area contributed by atoms with Gasteiger partial charge in [-0.05, 0) is 56.2 Å². The van der Waals surface area contributed by atoms with Gasteiger partial charge in [0.1, 0.15) is 23.2 Å². The number of hydrogen-bond acceptors (Lipinski definition) is 7. The summed E-state index contributed by atoms with van der Waals surface area (Å²) in [5.74, 6) is 1.12. The molecule has 1 aliphatic heterocycles. The molecule has 2 atom stereocenters. The highest BCUT2D eigenvalue weighted by Gasteiger charge is 2.33. The maximum atomic E-state index is 12.7. The highest BCUT2D eigenvalue weighted by molar-refractivity contribution is 5.79. The maximum absolute atomic E-state index is 12.7. The van der Waals surface area contributed by atoms with Crippen LogP contribution in [-0.4, -0.2) is 16.6 Å². The summed E-state index contributed by atoms with van der Waals surface area (Å²) in [5, 5.41) is 3.05. The number of hydrogen-bond donors (Lipinski definition) is 3. The summed E-state index contributed by atoms with van der Waals surface area (Å²) in [7, 11) is 0. The monoisotopic (exact) mass is 382 g/mol. The van der Waals surface area contributed by atoms with Crippen LogP contribution in [0.1, 0.15) is 50.8 Å². The van der Waals surface area contributed by atoms with Crippen LogP contribution in [0.25, 0.3) is 0 Å². The van der Waals surface area contributed by atoms with Crippen LogP contribution in [0.15, 0.2) is 54.3 Å². The van der Waals surface area contributed by atoms with Crippen LogP contribution in [0.3, 0.4) is 0 Å². The van der Waals surface area contributed by atoms with Gasteiger partial charge in [-0.25, -0.2) is 4.79 Å². The van der Waals surface area contributed by atoms with Crippen molar-refractivity contribution in [2.45, 2.75) is 45.3 Å². The van der Waals surface area contributed by atoms with Crippen molar-refractivity contribution in [1.29, 1.82) is 0 Å². The van der Waals surface area contributed by atoms with E-state index in [2.05, 4.69) is 10.3 Å². The summed E-state index contributed by atoms with van der Waals surface area (Å²) < 4.78 is 11.4. The van der Waals surface area contributed by atoms with Crippen LogP contribution in [0.5, 0.6) is 5.75 Å². The van der Waals surface area contributed by atoms with E-state index in [1.165, 1.54) is 0 Å². The number of rotatable bonds is 5. The van der Waals surface area contributed by atoms with E-state index in [1.54, 1.807) is 37.5 Å². The molecule has 0 bridgehead atoms. The normalized spacial score (nSPS) is 15.8. The molecule has 28 heavy (non-hydrogen) atoms. The van der Waals surface area contributed by atoms with Gasteiger partial charge in [0.05, 0.1) is 5.69 Å². The SMILES string of the molecule is CC1=C(N)Nc2cc(C(N)C(=O)OC(C)(C)C(C)c3ccncc3)ccc2O1. The molecule has 0 saturated carbocycles. The molecule has 1 aliphatic rings. The van der Waals surface area contributed by atoms with Gasteiger partial charge in [-0.15, -0.1) is 0 Å². The first-order valence-electron chi connectivity index (χ1n) is 9.12. The summed E-state index contributed by atoms with van der Waals surface area (Å²) >= 11 is 0. The van der Waals surface area contributed by atoms with E-state index < -0.39 is 17.6 Å². The number of nitrogens with one attached hydrogen (secondary N) is 1. The standard InChI is InChI=1S/C21H26N4O3/c1-12(14-7-9-24-10-8-14)21(3,4)28-20(26)18(22)15-5-6-17-16(11-15)25-19(23)13(2)27-17/h5-12,18,25H,22-23H2,1-4H3. The minimum absolute atomic E-state index is 0.0295. The number of esters is 1. The molecule has 0 fully saturated rings. The second kappa shape index (κ2) is 7.52. The molecule has 148 valence electrons. The van der Waals surface area contributed by atoms with Crippen molar-refractivity contribution in [3.05, 3.63) is 65.4 Å². The number of allylic oxidation sites excluding steroid dienone is 1. The highest BCUT2D eigenvalue weighted by Crippen LogP contribution is 2.35. The van der Waals surface area contributed by atoms with Gasteiger partial charge >= 0.3 is 5.97 Å². The number of aromatic nitrogens is 1. The number of benzene rings is 1. The van der Waals surface area contributed by atoms with E-state index in [4.69, 9.17) is 20.9 Å². The maximum Gasteiger partial charge on any atom is 0.328 e. The third-order valence-corrected chi connectivity index (χ3v) is 5.14. The van der Waals surface area contributed by atoms with Gasteiger partial charge in [-0.2, -0.15) is 0 Å². The summed E-state index contributed by atoms with van der Waals surface area (Å²) in [6.07, 6.45) is 3.44. The molecular weight excluding hydrogens is 356 g/mol. The lowest BCUT2D eigenvalue weighted by molar-refractivity contribution is -0.160. The number of nitrogens with two attached hydrogens (primary N) is 2. The average Bonchev–Trinajstić information content (AvgIpc) is 2.67. The Hall–Kier alpha value is -3.06. The van der Waals surface area contributed by atoms with Crippen molar-refractivity contribution in [2.75, 3.05) is 5.32 Å². The fourth-order valence-electron chi connectivity index (χ4n) is 2.98. The van der Waals surface area contributed by atoms with Crippen molar-refractivity contribution in [1.82, 2.24) is 4.98 Å². The minimum Gasteiger partial charge on any atom is -0.458 e. The molecule has 7 heteroatoms. The first-order chi connectivity index (χ1) is 13.2. The van der Waals surface area contributed by atoms with Crippen LogP contribution < -0.4 is 21.5 Å². The number of carbonyl (C=O) groups is 1. The summed E-state index contributed by atoms with van der Waals surface area (Å²) in [4.78, 5) is 16.8. The zero-order chi connectivity index (χ0) is 20.5. The smallest absolute Gasteiger partial charge is 0.328 e. The van der Waals surface area contributed by atoms with E-state index in [9.17, 15) is 4.79 Å². The lowest BCUT2D eigenvalue weighted by Crippen LogP contribution is -2.37. The predicted molar refractivity (Wildman–Crippen MR) is 107 cm³/mol. The van der Waals surface area contributed by atoms with Gasteiger partial charge in [0.2, 0.25) is 0 Å². The molecule has 1 aromatic carbocycles. The van der Waals surface area contributed by atoms with E-state index in [0.717, 1.165) is 5.56 Å². The van der Waals surface area contributed by atoms with Gasteiger partial charge in [-0.1, -0.05) is 13.0 Å². The number of carbonyl (C=O) groups excluding carboxylic acids is 1. The molecule has 2 unspecified atom stereocenters. The number of pyridine rings is 1. The summed E-state index contributed by atoms with van der Waals surface area (Å²) in [6.45, 7) is 7.53. The molecule has 0 spiro atoms. The third-order valence-electron chi connectivity index (χ3n) is 5.14. The molecule has 0 saturated heterocycles. The zero-order valence-corrected chi connectivity index (χ0v) is 16.5. The van der Waals surface area contributed by atoms with E-state index in [-0.39, 0.29) is 5.92 Å². The van der Waals surface area contributed by atoms with Gasteiger partial charge in [0.15, 0.2) is 5.75 Å². The van der Waals surface area contributed by atoms with Crippen molar-refractivity contribution in [3.63, 3.8) is 0 Å². The molecule has 5 N–H and O–H groups in total. The van der Waals surface area contributed by atoms with Crippen molar-refractivity contribution >= 4 is 11.7 Å². The lowest BCUT2D eigenvalue weighted by Gasteiger charge is -2.33. The quantitative estimate of drug-likeness (QED) is 0.681. The Morgan fingerprint density at radius 1 is 1.21 bits per heavy atom. The average molecular weight is 382 g/mol. The predicted octanol–water partition coefficient (Wildman–Crippen LogP) is 3.16. The van der Waals surface area contributed by atoms with Crippen molar-refractivity contribution in [3.8, 4) is 5.75 Å². The van der Waals surface area contributed by atoms with E-state index >= 15 is 0 Å². The molecule has 2 aromatic rings. The summed E-state index contributed by atoms with van der Waals surface area (Å²) in [5.41, 5.74) is 13.6. The van der Waals surface area contributed by atoms with Gasteiger partial charge < -0.3 is 26.3 Å². The van der Waals surface area contributed by atoms with E-state index in [0.29, 0.717) is 28.6 Å². The molecule has 7 nitrogen and oxygen atoms in total. The second-order valence-corrected chi connectivity index (χ2v) is 7.46. The van der Waals surface area contributed by atoms with Gasteiger partial charge in [-0.3, -0.25) is 4.98 Å². The molecule has 0 amide bonds. The Bertz CT molecular complexity index is 909. The minimum atomic E-state index is -0.927. The third kappa shape index (κ3) is 3.94. The molecule has 1 aromatic heterocycles. The van der Waals surface area contributed by atoms with Gasteiger partial charge in [0.25, 0.3) is 0 Å². The Morgan fingerprint density at radius 3 is 2.57 bits per heavy atom. The largest absolute Gasteiger partial charge is 0.458 e. The van der Waals surface area contributed by atoms with E-state index in [1.807, 2.05) is 32.9 Å². The van der Waals surface area contributed by atoms with Crippen LogP contribution in [0, 0.1) is 0 Å². The van der Waals surface area contributed by atoms with Crippen molar-refractivity contribution < 1.29 is 14.3 Å². The van der Waals surface area contributed by atoms with Crippen molar-refractivity contribution in [2.24, 2.45) is 11.5 Å². The molecular formula is C21H26N4O3. The number of ether oxygens (including phenoxy) is 2. The topological polar surface area (TPSA) is 112 Å². The van der Waals surface area contributed by atoms with Crippen LogP contribution >= 0.6 is 0 Å². The molecule has 2 heterocycles. The molecule has 3 rings (SSSR count). The fraction of sp³-hybridized carbons (Fsp3) is 0.333. The van der Waals surface area contributed by atoms with Crippen LogP contribution in [0.4, 0.5) is 5.69 Å². The highest BCUT2D eigenvalue weighted by atomic mass is 16.6. The second-order valence-electron chi connectivity index (χ2n) is 7.46. The molecule has 0 aliphatic carbocycles. The first kappa shape index (κ1) is 19.7. The van der Waals surface area contributed by atoms with Crippen LogP contribution in [0.2, 0.25) is 0 Å². The lowest BCUT2D eigenvalue weighted by atomic mass is 9.86. The van der Waals surface area contributed by atoms with Gasteiger partial charge in [0, 0.05) is 18.3 Å². The summed E-state index contributed by atoms with van der Waals surface area (Å²) in [6, 6.07) is 8.15. The zero-order valence-electron chi connectivity index (χ0n) is 16.5. The first-order valence-corrected chi connectivity index (χ1v) is 9.12. The Morgan fingerprint density at radius 2 is 1.89 bits per heavy atom. The van der Waals surface area contributed by atoms with Crippen LogP contribution in [-0.2, 0) is 9.53 Å². The Balaban J connectivity index is 1.74. The Labute approximate surface area is 164 Å². The fourth-order valence-corrected chi connectivity index (χ4v) is 2.98. The molecule has 0 radical (unpaired) electrons. The number of nitrogens with zero attached hydrogens (tertiary/aromatic N) is 1. The Kier molecular flexibility index (Phi) is 5.29.